The lowest BCUT2D eigenvalue weighted by Gasteiger charge is -2.17. The third-order valence-corrected chi connectivity index (χ3v) is 8.06. The Hall–Kier alpha value is -4.72. The summed E-state index contributed by atoms with van der Waals surface area (Å²) in [5, 5.41) is 15.4. The van der Waals surface area contributed by atoms with Crippen LogP contribution >= 0.6 is 11.3 Å². The highest BCUT2D eigenvalue weighted by Crippen LogP contribution is 2.38. The van der Waals surface area contributed by atoms with E-state index in [1.807, 2.05) is 36.4 Å². The number of hydrogen-bond acceptors (Lipinski definition) is 7. The van der Waals surface area contributed by atoms with E-state index in [4.69, 9.17) is 14.3 Å². The minimum Gasteiger partial charge on any atom is -0.475 e. The van der Waals surface area contributed by atoms with E-state index in [1.165, 1.54) is 0 Å². The molecule has 5 heterocycles. The first-order chi connectivity index (χ1) is 21.0. The summed E-state index contributed by atoms with van der Waals surface area (Å²) in [6, 6.07) is 20.4. The Labute approximate surface area is 250 Å². The number of halogens is 5. The maximum absolute atomic E-state index is 13.4. The summed E-state index contributed by atoms with van der Waals surface area (Å²) in [4.78, 5) is 23.2. The normalized spacial score (nSPS) is 18.6. The van der Waals surface area contributed by atoms with Crippen molar-refractivity contribution in [1.82, 2.24) is 15.6 Å². The molecule has 2 aliphatic rings. The van der Waals surface area contributed by atoms with Gasteiger partial charge in [-0.1, -0.05) is 24.3 Å². The number of fused-ring (bicyclic) bond motifs is 2. The van der Waals surface area contributed by atoms with Gasteiger partial charge in [-0.25, -0.2) is 13.6 Å². The summed E-state index contributed by atoms with van der Waals surface area (Å²) in [5.41, 5.74) is 4.63. The number of benzene rings is 2. The third-order valence-electron chi connectivity index (χ3n) is 6.92. The average molecular weight is 630 g/mol. The minimum atomic E-state index is -5.08. The molecular weight excluding hydrogens is 605 g/mol. The number of amidine groups is 2. The van der Waals surface area contributed by atoms with Crippen molar-refractivity contribution in [2.45, 2.75) is 18.5 Å². The van der Waals surface area contributed by atoms with Gasteiger partial charge in [-0.15, -0.1) is 11.3 Å². The molecule has 0 spiro atoms. The van der Waals surface area contributed by atoms with Crippen LogP contribution in [0.5, 0.6) is 0 Å². The molecule has 5 aromatic rings. The van der Waals surface area contributed by atoms with Gasteiger partial charge in [-0.2, -0.15) is 13.2 Å². The Balaban J connectivity index is 0.000000441. The van der Waals surface area contributed by atoms with Crippen molar-refractivity contribution in [2.24, 2.45) is 9.98 Å². The Morgan fingerprint density at radius 2 is 1.43 bits per heavy atom. The second-order valence-corrected chi connectivity index (χ2v) is 11.2. The second-order valence-electron chi connectivity index (χ2n) is 10.2. The Morgan fingerprint density at radius 3 is 2.02 bits per heavy atom. The predicted octanol–water partition coefficient (Wildman–Crippen LogP) is 6.32. The number of aliphatic carboxylic acids is 1. The van der Waals surface area contributed by atoms with E-state index in [1.54, 1.807) is 11.3 Å². The van der Waals surface area contributed by atoms with Gasteiger partial charge in [0, 0.05) is 40.5 Å². The van der Waals surface area contributed by atoms with Gasteiger partial charge in [0.05, 0.1) is 28.5 Å². The van der Waals surface area contributed by atoms with Gasteiger partial charge in [0.1, 0.15) is 35.4 Å². The van der Waals surface area contributed by atoms with Crippen molar-refractivity contribution in [2.75, 3.05) is 26.2 Å². The van der Waals surface area contributed by atoms with Crippen LogP contribution in [0.2, 0.25) is 0 Å². The van der Waals surface area contributed by atoms with Gasteiger partial charge >= 0.3 is 12.1 Å². The van der Waals surface area contributed by atoms with E-state index in [9.17, 15) is 22.0 Å². The molecule has 7 rings (SSSR count). The molecule has 14 heteroatoms. The molecule has 0 aliphatic carbocycles. The fraction of sp³-hybridized carbons (Fsp3) is 0.233. The SMILES string of the molecule is FC1CN=C(c2ccc3cc(-c4ccc(-c5cc6ccc(C7=NCC(F)CN7)cc6o5)s4)[nH]c3c2)NC1.O=C(O)C(F)(F)F. The lowest BCUT2D eigenvalue weighted by Crippen LogP contribution is -2.37. The second kappa shape index (κ2) is 11.8. The molecule has 2 aromatic carbocycles. The summed E-state index contributed by atoms with van der Waals surface area (Å²) in [7, 11) is 0. The van der Waals surface area contributed by atoms with E-state index < -0.39 is 24.5 Å². The van der Waals surface area contributed by atoms with E-state index in [2.05, 4.69) is 49.9 Å². The quantitative estimate of drug-likeness (QED) is 0.174. The summed E-state index contributed by atoms with van der Waals surface area (Å²) < 4.78 is 64.7. The maximum atomic E-state index is 13.4. The fourth-order valence-corrected chi connectivity index (χ4v) is 5.68. The van der Waals surface area contributed by atoms with Crippen LogP contribution in [0.25, 0.3) is 43.1 Å². The number of H-pyrrole nitrogens is 1. The number of aliphatic imine (C=N–C) groups is 2. The number of thiophene rings is 1. The Bertz CT molecular complexity index is 1790. The molecule has 0 saturated heterocycles. The van der Waals surface area contributed by atoms with Crippen molar-refractivity contribution in [3.05, 3.63) is 71.8 Å². The molecule has 0 amide bonds. The molecule has 0 radical (unpaired) electrons. The first-order valence-electron chi connectivity index (χ1n) is 13.5. The van der Waals surface area contributed by atoms with Crippen LogP contribution in [0.1, 0.15) is 11.1 Å². The van der Waals surface area contributed by atoms with Crippen molar-refractivity contribution in [3.8, 4) is 21.2 Å². The number of aromatic amines is 1. The molecule has 2 unspecified atom stereocenters. The van der Waals surface area contributed by atoms with E-state index in [-0.39, 0.29) is 19.6 Å². The van der Waals surface area contributed by atoms with Crippen molar-refractivity contribution in [1.29, 1.82) is 0 Å². The van der Waals surface area contributed by atoms with Gasteiger partial charge in [0.25, 0.3) is 0 Å². The predicted molar refractivity (Wildman–Crippen MR) is 159 cm³/mol. The number of hydrogen-bond donors (Lipinski definition) is 4. The first-order valence-corrected chi connectivity index (χ1v) is 14.3. The monoisotopic (exact) mass is 629 g/mol. The molecule has 228 valence electrons. The number of carboxylic acids is 1. The van der Waals surface area contributed by atoms with Crippen LogP contribution in [0.15, 0.2) is 75.1 Å². The average Bonchev–Trinajstić information content (AvgIpc) is 3.75. The molecule has 0 fully saturated rings. The molecule has 8 nitrogen and oxygen atoms in total. The van der Waals surface area contributed by atoms with E-state index >= 15 is 0 Å². The van der Waals surface area contributed by atoms with Crippen LogP contribution < -0.4 is 10.6 Å². The largest absolute Gasteiger partial charge is 0.490 e. The Kier molecular flexibility index (Phi) is 7.84. The van der Waals surface area contributed by atoms with Crippen LogP contribution in [0.4, 0.5) is 22.0 Å². The molecule has 0 saturated carbocycles. The third kappa shape index (κ3) is 6.30. The molecule has 2 atom stereocenters. The highest BCUT2D eigenvalue weighted by atomic mass is 32.1. The van der Waals surface area contributed by atoms with E-state index in [0.29, 0.717) is 12.4 Å². The molecule has 2 aliphatic heterocycles. The smallest absolute Gasteiger partial charge is 0.475 e. The number of alkyl halides is 5. The summed E-state index contributed by atoms with van der Waals surface area (Å²) >= 11 is 1.65. The topological polar surface area (TPSA) is 115 Å². The number of carboxylic acid groups (broad SMARTS) is 1. The zero-order chi connectivity index (χ0) is 31.0. The zero-order valence-electron chi connectivity index (χ0n) is 22.7. The van der Waals surface area contributed by atoms with Gasteiger partial charge < -0.3 is 25.1 Å². The van der Waals surface area contributed by atoms with Crippen molar-refractivity contribution in [3.63, 3.8) is 0 Å². The van der Waals surface area contributed by atoms with Gasteiger partial charge in [0.2, 0.25) is 0 Å². The molecular formula is C30H24F5N5O3S. The first kappa shape index (κ1) is 29.4. The number of nitrogens with one attached hydrogen (secondary N) is 3. The zero-order valence-corrected chi connectivity index (χ0v) is 23.5. The maximum Gasteiger partial charge on any atom is 0.490 e. The molecule has 0 bridgehead atoms. The highest BCUT2D eigenvalue weighted by Gasteiger charge is 2.38. The van der Waals surface area contributed by atoms with Gasteiger partial charge in [-0.05, 0) is 36.4 Å². The van der Waals surface area contributed by atoms with Gasteiger partial charge in [-0.3, -0.25) is 9.98 Å². The minimum absolute atomic E-state index is 0.183. The summed E-state index contributed by atoms with van der Waals surface area (Å²) in [6.07, 6.45) is -6.95. The number of furan rings is 1. The highest BCUT2D eigenvalue weighted by molar-refractivity contribution is 7.18. The standard InChI is InChI=1S/C28H23F2N5OS.C2HF3O2/c29-19-11-31-27(32-12-19)17-3-1-15-7-22(35-21(15)8-17)25-5-6-26(37-25)24-9-16-2-4-18(10-23(16)36-24)28-33-13-20(30)14-34-28;3-2(4,5)1(6)7/h1-10,19-20,35H,11-14H2,(H,31,32)(H,33,34);(H,6,7). The van der Waals surface area contributed by atoms with Gasteiger partial charge in [0.15, 0.2) is 0 Å². The van der Waals surface area contributed by atoms with Crippen molar-refractivity contribution >= 4 is 50.8 Å². The van der Waals surface area contributed by atoms with Crippen molar-refractivity contribution < 1.29 is 36.3 Å². The lowest BCUT2D eigenvalue weighted by molar-refractivity contribution is -0.192. The number of aromatic nitrogens is 1. The fourth-order valence-electron chi connectivity index (χ4n) is 4.75. The Morgan fingerprint density at radius 1 is 0.841 bits per heavy atom. The molecule has 4 N–H and O–H groups in total. The van der Waals surface area contributed by atoms with E-state index in [0.717, 1.165) is 60.0 Å². The number of rotatable bonds is 4. The molecule has 3 aromatic heterocycles. The molecule has 44 heavy (non-hydrogen) atoms. The van der Waals surface area contributed by atoms with Crippen LogP contribution in [0, 0.1) is 0 Å². The lowest BCUT2D eigenvalue weighted by atomic mass is 10.1. The van der Waals surface area contributed by atoms with Crippen LogP contribution in [-0.2, 0) is 4.79 Å². The summed E-state index contributed by atoms with van der Waals surface area (Å²) in [5.74, 6) is -0.521. The number of nitrogens with zero attached hydrogens (tertiary/aromatic N) is 2. The van der Waals surface area contributed by atoms with Crippen LogP contribution in [-0.4, -0.2) is 72.4 Å². The summed E-state index contributed by atoms with van der Waals surface area (Å²) in [6.45, 7) is 0.947. The number of carbonyl (C=O) groups is 1. The van der Waals surface area contributed by atoms with Crippen LogP contribution in [0.3, 0.4) is 0 Å².